The zero-order valence-electron chi connectivity index (χ0n) is 18.1. The van der Waals surface area contributed by atoms with Crippen molar-refractivity contribution in [3.63, 3.8) is 0 Å². The molecule has 0 aromatic heterocycles. The summed E-state index contributed by atoms with van der Waals surface area (Å²) in [7, 11) is -3.16. The average molecular weight is 437 g/mol. The van der Waals surface area contributed by atoms with Crippen molar-refractivity contribution in [3.8, 4) is 0 Å². The molecule has 0 radical (unpaired) electrons. The molecule has 4 nitrogen and oxygen atoms in total. The lowest BCUT2D eigenvalue weighted by atomic mass is 9.99. The Labute approximate surface area is 184 Å². The number of benzene rings is 3. The second-order valence-corrected chi connectivity index (χ2v) is 10.1. The van der Waals surface area contributed by atoms with Crippen LogP contribution in [0.25, 0.3) is 10.8 Å². The van der Waals surface area contributed by atoms with Crippen LogP contribution in [0.3, 0.4) is 0 Å². The van der Waals surface area contributed by atoms with E-state index in [0.717, 1.165) is 21.9 Å². The van der Waals surface area contributed by atoms with E-state index in [1.54, 1.807) is 18.2 Å². The first-order valence-electron chi connectivity index (χ1n) is 10.3. The predicted molar refractivity (Wildman–Crippen MR) is 126 cm³/mol. The molecule has 5 heteroatoms. The summed E-state index contributed by atoms with van der Waals surface area (Å²) in [5.41, 5.74) is 2.36. The van der Waals surface area contributed by atoms with Gasteiger partial charge in [0.15, 0.2) is 15.6 Å². The maximum Gasteiger partial charge on any atom is 0.165 e. The predicted octanol–water partition coefficient (Wildman–Crippen LogP) is 5.55. The second-order valence-electron chi connectivity index (χ2n) is 7.91. The van der Waals surface area contributed by atoms with Crippen molar-refractivity contribution in [2.75, 3.05) is 12.0 Å². The lowest BCUT2D eigenvalue weighted by molar-refractivity contribution is 0.0140. The Kier molecular flexibility index (Phi) is 7.42. The molecule has 0 aliphatic heterocycles. The van der Waals surface area contributed by atoms with Gasteiger partial charge in [-0.3, -0.25) is 4.79 Å². The van der Waals surface area contributed by atoms with Gasteiger partial charge < -0.3 is 4.74 Å². The molecule has 0 bridgehead atoms. The van der Waals surface area contributed by atoms with Gasteiger partial charge >= 0.3 is 0 Å². The SMILES string of the molecule is C/C(=C/CS(C)(=O)=O)[C@@H](CC(=O)c1ccccc1)O[C@H](C)c1ccc2ccccc2c1. The molecule has 3 aromatic carbocycles. The van der Waals surface area contributed by atoms with Crippen molar-refractivity contribution in [2.24, 2.45) is 0 Å². The van der Waals surface area contributed by atoms with E-state index < -0.39 is 15.9 Å². The molecule has 2 atom stereocenters. The first-order chi connectivity index (χ1) is 14.7. The number of Topliss-reactive ketones (excluding diaryl/α,β-unsaturated/α-hetero) is 1. The van der Waals surface area contributed by atoms with Crippen LogP contribution in [0.15, 0.2) is 84.4 Å². The second kappa shape index (κ2) is 10.0. The lowest BCUT2D eigenvalue weighted by Gasteiger charge is -2.24. The molecule has 162 valence electrons. The Balaban J connectivity index is 1.84. The molecule has 3 aromatic rings. The normalized spacial score (nSPS) is 14.4. The first-order valence-corrected chi connectivity index (χ1v) is 12.4. The molecular weight excluding hydrogens is 408 g/mol. The van der Waals surface area contributed by atoms with Gasteiger partial charge in [-0.25, -0.2) is 8.42 Å². The molecule has 0 N–H and O–H groups in total. The molecule has 0 saturated carbocycles. The van der Waals surface area contributed by atoms with Gasteiger partial charge in [-0.15, -0.1) is 0 Å². The van der Waals surface area contributed by atoms with Crippen LogP contribution in [0.2, 0.25) is 0 Å². The van der Waals surface area contributed by atoms with Crippen LogP contribution in [0.5, 0.6) is 0 Å². The first kappa shape index (κ1) is 22.9. The topological polar surface area (TPSA) is 60.4 Å². The standard InChI is InChI=1S/C26H28O4S/c1-19(15-16-31(3,28)29)26(18-25(27)22-10-5-4-6-11-22)30-20(2)23-14-13-21-9-7-8-12-24(21)17-23/h4-15,17,20,26H,16,18H2,1-3H3/b19-15-/t20-,26-/m1/s1. The van der Waals surface area contributed by atoms with Gasteiger partial charge in [-0.1, -0.05) is 72.8 Å². The minimum atomic E-state index is -3.16. The zero-order chi connectivity index (χ0) is 22.4. The molecule has 3 rings (SSSR count). The molecular formula is C26H28O4S. The molecule has 0 aliphatic carbocycles. The van der Waals surface area contributed by atoms with Crippen molar-refractivity contribution < 1.29 is 17.9 Å². The van der Waals surface area contributed by atoms with Crippen LogP contribution in [-0.4, -0.2) is 32.3 Å². The highest BCUT2D eigenvalue weighted by molar-refractivity contribution is 7.90. The summed E-state index contributed by atoms with van der Waals surface area (Å²) < 4.78 is 29.6. The summed E-state index contributed by atoms with van der Waals surface area (Å²) in [5.74, 6) is -0.119. The van der Waals surface area contributed by atoms with Crippen molar-refractivity contribution >= 4 is 26.4 Å². The monoisotopic (exact) mass is 436 g/mol. The van der Waals surface area contributed by atoms with E-state index in [4.69, 9.17) is 4.74 Å². The number of fused-ring (bicyclic) bond motifs is 1. The third kappa shape index (κ3) is 6.61. The lowest BCUT2D eigenvalue weighted by Crippen LogP contribution is -2.22. The van der Waals surface area contributed by atoms with Crippen LogP contribution >= 0.6 is 0 Å². The van der Waals surface area contributed by atoms with E-state index in [1.807, 2.05) is 50.2 Å². The fourth-order valence-electron chi connectivity index (χ4n) is 3.43. The van der Waals surface area contributed by atoms with Gasteiger partial charge in [0.25, 0.3) is 0 Å². The molecule has 0 aliphatic rings. The van der Waals surface area contributed by atoms with Gasteiger partial charge in [0.2, 0.25) is 0 Å². The van der Waals surface area contributed by atoms with Crippen molar-refractivity contribution in [3.05, 3.63) is 95.6 Å². The maximum absolute atomic E-state index is 12.8. The van der Waals surface area contributed by atoms with Crippen LogP contribution in [0, 0.1) is 0 Å². The summed E-state index contributed by atoms with van der Waals surface area (Å²) in [4.78, 5) is 12.8. The number of hydrogen-bond acceptors (Lipinski definition) is 4. The third-order valence-electron chi connectivity index (χ3n) is 5.29. The summed E-state index contributed by atoms with van der Waals surface area (Å²) >= 11 is 0. The van der Waals surface area contributed by atoms with Crippen LogP contribution in [0.1, 0.15) is 42.3 Å². The van der Waals surface area contributed by atoms with Gasteiger partial charge in [-0.05, 0) is 41.8 Å². The number of carbonyl (C=O) groups excluding carboxylic acids is 1. The van der Waals surface area contributed by atoms with Gasteiger partial charge in [0.1, 0.15) is 0 Å². The highest BCUT2D eigenvalue weighted by Crippen LogP contribution is 2.27. The minimum Gasteiger partial charge on any atom is -0.366 e. The number of hydrogen-bond donors (Lipinski definition) is 0. The highest BCUT2D eigenvalue weighted by Gasteiger charge is 2.21. The Morgan fingerprint density at radius 2 is 1.61 bits per heavy atom. The van der Waals surface area contributed by atoms with Gasteiger partial charge in [0, 0.05) is 18.2 Å². The molecule has 0 heterocycles. The Hall–Kier alpha value is -2.76. The van der Waals surface area contributed by atoms with Crippen molar-refractivity contribution in [2.45, 2.75) is 32.5 Å². The summed E-state index contributed by atoms with van der Waals surface area (Å²) in [5, 5.41) is 2.27. The summed E-state index contributed by atoms with van der Waals surface area (Å²) in [6.45, 7) is 3.77. The Morgan fingerprint density at radius 3 is 2.29 bits per heavy atom. The minimum absolute atomic E-state index is 0.0385. The zero-order valence-corrected chi connectivity index (χ0v) is 18.9. The number of ketones is 1. The largest absolute Gasteiger partial charge is 0.366 e. The van der Waals surface area contributed by atoms with E-state index in [0.29, 0.717) is 5.56 Å². The Bertz CT molecular complexity index is 1180. The van der Waals surface area contributed by atoms with Gasteiger partial charge in [-0.2, -0.15) is 0 Å². The van der Waals surface area contributed by atoms with Crippen LogP contribution in [-0.2, 0) is 14.6 Å². The van der Waals surface area contributed by atoms with Gasteiger partial charge in [0.05, 0.1) is 18.0 Å². The van der Waals surface area contributed by atoms with E-state index in [9.17, 15) is 13.2 Å². The van der Waals surface area contributed by atoms with Crippen LogP contribution in [0.4, 0.5) is 0 Å². The summed E-state index contributed by atoms with van der Waals surface area (Å²) in [6.07, 6.45) is 2.20. The fourth-order valence-corrected chi connectivity index (χ4v) is 3.99. The molecule has 0 spiro atoms. The van der Waals surface area contributed by atoms with E-state index in [1.165, 1.54) is 6.26 Å². The van der Waals surface area contributed by atoms with E-state index >= 15 is 0 Å². The molecule has 0 saturated heterocycles. The molecule has 0 fully saturated rings. The number of rotatable bonds is 9. The van der Waals surface area contributed by atoms with Crippen molar-refractivity contribution in [1.82, 2.24) is 0 Å². The molecule has 0 unspecified atom stereocenters. The molecule has 0 amide bonds. The average Bonchev–Trinajstić information content (AvgIpc) is 2.76. The summed E-state index contributed by atoms with van der Waals surface area (Å²) in [6, 6.07) is 23.4. The van der Waals surface area contributed by atoms with E-state index in [-0.39, 0.29) is 24.1 Å². The fraction of sp³-hybridized carbons (Fsp3) is 0.269. The van der Waals surface area contributed by atoms with E-state index in [2.05, 4.69) is 24.3 Å². The Morgan fingerprint density at radius 1 is 0.968 bits per heavy atom. The number of carbonyl (C=O) groups is 1. The number of ether oxygens (including phenoxy) is 1. The quantitative estimate of drug-likeness (QED) is 0.326. The number of sulfone groups is 1. The van der Waals surface area contributed by atoms with Crippen molar-refractivity contribution in [1.29, 1.82) is 0 Å². The molecule has 31 heavy (non-hydrogen) atoms. The highest BCUT2D eigenvalue weighted by atomic mass is 32.2. The smallest absolute Gasteiger partial charge is 0.165 e. The maximum atomic E-state index is 12.8. The third-order valence-corrected chi connectivity index (χ3v) is 6.07. The van der Waals surface area contributed by atoms with Crippen LogP contribution < -0.4 is 0 Å².